The van der Waals surface area contributed by atoms with Gasteiger partial charge in [-0.2, -0.15) is 0 Å². The first-order chi connectivity index (χ1) is 14.0. The minimum Gasteiger partial charge on any atom is -0.485 e. The third-order valence-corrected chi connectivity index (χ3v) is 5.40. The van der Waals surface area contributed by atoms with Crippen molar-refractivity contribution < 1.29 is 14.1 Å². The number of amides is 1. The van der Waals surface area contributed by atoms with Crippen LogP contribution < -0.4 is 10.1 Å². The fourth-order valence-corrected chi connectivity index (χ4v) is 4.06. The smallest absolute Gasteiger partial charge is 0.274 e. The number of pyridine rings is 1. The summed E-state index contributed by atoms with van der Waals surface area (Å²) in [5, 5.41) is 9.71. The number of nitrogens with zero attached hydrogens (tertiary/aromatic N) is 3. The van der Waals surface area contributed by atoms with Gasteiger partial charge in [0, 0.05) is 34.1 Å². The molecule has 7 nitrogen and oxygen atoms in total. The Balaban J connectivity index is 1.41. The predicted molar refractivity (Wildman–Crippen MR) is 110 cm³/mol. The van der Waals surface area contributed by atoms with Crippen LogP contribution in [0.3, 0.4) is 0 Å². The second-order valence-electron chi connectivity index (χ2n) is 6.69. The average molecular weight is 408 g/mol. The van der Waals surface area contributed by atoms with Gasteiger partial charge in [-0.05, 0) is 32.9 Å². The van der Waals surface area contributed by atoms with Crippen LogP contribution in [-0.2, 0) is 6.61 Å². The molecule has 8 heteroatoms. The molecule has 0 aliphatic heterocycles. The summed E-state index contributed by atoms with van der Waals surface area (Å²) in [6, 6.07) is 9.03. The molecule has 0 radical (unpaired) electrons. The summed E-state index contributed by atoms with van der Waals surface area (Å²) < 4.78 is 11.1. The van der Waals surface area contributed by atoms with Gasteiger partial charge in [0.05, 0.1) is 16.7 Å². The quantitative estimate of drug-likeness (QED) is 0.510. The lowest BCUT2D eigenvalue weighted by Crippen LogP contribution is -2.27. The number of hydrogen-bond acceptors (Lipinski definition) is 7. The summed E-state index contributed by atoms with van der Waals surface area (Å²) in [6.07, 6.45) is 3.50. The number of fused-ring (bicyclic) bond motifs is 1. The average Bonchev–Trinajstić information content (AvgIpc) is 3.32. The first kappa shape index (κ1) is 19.1. The topological polar surface area (TPSA) is 90.1 Å². The molecule has 4 rings (SSSR count). The molecule has 148 valence electrons. The van der Waals surface area contributed by atoms with E-state index in [2.05, 4.69) is 20.4 Å². The molecule has 0 saturated carbocycles. The number of aryl methyl sites for hydroxylation is 2. The van der Waals surface area contributed by atoms with Crippen LogP contribution in [-0.4, -0.2) is 21.0 Å². The Morgan fingerprint density at radius 2 is 2.17 bits per heavy atom. The first-order valence-electron chi connectivity index (χ1n) is 9.17. The fraction of sp³-hybridized carbons (Fsp3) is 0.238. The van der Waals surface area contributed by atoms with Gasteiger partial charge in [-0.25, -0.2) is 4.98 Å². The number of rotatable bonds is 6. The Morgan fingerprint density at radius 3 is 2.97 bits per heavy atom. The van der Waals surface area contributed by atoms with Crippen molar-refractivity contribution in [3.05, 3.63) is 69.8 Å². The minimum absolute atomic E-state index is 0.168. The monoisotopic (exact) mass is 408 g/mol. The maximum atomic E-state index is 12.5. The maximum absolute atomic E-state index is 12.5. The van der Waals surface area contributed by atoms with E-state index in [4.69, 9.17) is 9.26 Å². The van der Waals surface area contributed by atoms with Gasteiger partial charge in [0.1, 0.15) is 12.4 Å². The number of benzene rings is 1. The number of ether oxygens (including phenoxy) is 1. The molecular formula is C21H20N4O3S. The van der Waals surface area contributed by atoms with Gasteiger partial charge in [-0.3, -0.25) is 9.78 Å². The third-order valence-electron chi connectivity index (χ3n) is 4.50. The van der Waals surface area contributed by atoms with Crippen LogP contribution >= 0.6 is 11.3 Å². The van der Waals surface area contributed by atoms with E-state index in [0.717, 1.165) is 32.1 Å². The van der Waals surface area contributed by atoms with Crippen molar-refractivity contribution in [3.8, 4) is 5.75 Å². The predicted octanol–water partition coefficient (Wildman–Crippen LogP) is 4.37. The van der Waals surface area contributed by atoms with Gasteiger partial charge < -0.3 is 14.6 Å². The van der Waals surface area contributed by atoms with E-state index >= 15 is 0 Å². The molecular weight excluding hydrogens is 388 g/mol. The third kappa shape index (κ3) is 4.12. The maximum Gasteiger partial charge on any atom is 0.274 e. The summed E-state index contributed by atoms with van der Waals surface area (Å²) in [5.41, 5.74) is 1.08. The lowest BCUT2D eigenvalue weighted by atomic mass is 10.1. The Morgan fingerprint density at radius 1 is 1.31 bits per heavy atom. The SMILES string of the molecule is Cc1nc([C@@H](C)NC(=O)c2cc(COc3cccc4cnccc34)on2)c(C)s1. The Kier molecular flexibility index (Phi) is 5.26. The second kappa shape index (κ2) is 8.00. The van der Waals surface area contributed by atoms with Crippen LogP contribution in [0, 0.1) is 13.8 Å². The largest absolute Gasteiger partial charge is 0.485 e. The number of aromatic nitrogens is 3. The van der Waals surface area contributed by atoms with Gasteiger partial charge in [0.2, 0.25) is 0 Å². The zero-order valence-corrected chi connectivity index (χ0v) is 17.1. The van der Waals surface area contributed by atoms with E-state index in [0.29, 0.717) is 5.76 Å². The first-order valence-corrected chi connectivity index (χ1v) is 9.99. The Bertz CT molecular complexity index is 1160. The van der Waals surface area contributed by atoms with Crippen molar-refractivity contribution in [1.82, 2.24) is 20.4 Å². The zero-order chi connectivity index (χ0) is 20.4. The van der Waals surface area contributed by atoms with Crippen LogP contribution in [0.25, 0.3) is 10.8 Å². The van der Waals surface area contributed by atoms with E-state index in [1.54, 1.807) is 29.8 Å². The lowest BCUT2D eigenvalue weighted by Gasteiger charge is -2.11. The molecule has 0 unspecified atom stereocenters. The molecule has 0 aliphatic rings. The Labute approximate surface area is 171 Å². The summed E-state index contributed by atoms with van der Waals surface area (Å²) in [5.74, 6) is 0.874. The van der Waals surface area contributed by atoms with Gasteiger partial charge in [-0.15, -0.1) is 11.3 Å². The second-order valence-corrected chi connectivity index (χ2v) is 8.10. The molecule has 1 atom stereocenters. The molecule has 3 heterocycles. The normalized spacial score (nSPS) is 12.1. The highest BCUT2D eigenvalue weighted by Crippen LogP contribution is 2.26. The van der Waals surface area contributed by atoms with E-state index in [9.17, 15) is 4.79 Å². The van der Waals surface area contributed by atoms with Crippen LogP contribution in [0.5, 0.6) is 5.75 Å². The van der Waals surface area contributed by atoms with Crippen molar-refractivity contribution in [3.63, 3.8) is 0 Å². The zero-order valence-electron chi connectivity index (χ0n) is 16.3. The summed E-state index contributed by atoms with van der Waals surface area (Å²) in [7, 11) is 0. The highest BCUT2D eigenvalue weighted by molar-refractivity contribution is 7.11. The van der Waals surface area contributed by atoms with Crippen molar-refractivity contribution in [1.29, 1.82) is 0 Å². The lowest BCUT2D eigenvalue weighted by molar-refractivity contribution is 0.0929. The van der Waals surface area contributed by atoms with Crippen LogP contribution in [0.15, 0.2) is 47.2 Å². The standard InChI is InChI=1S/C21H20N4O3S/c1-12(20-13(2)29-14(3)24-20)23-21(26)18-9-16(28-25-18)11-27-19-6-4-5-15-10-22-8-7-17(15)19/h4-10,12H,11H2,1-3H3,(H,23,26)/t12-/m1/s1. The van der Waals surface area contributed by atoms with Crippen LogP contribution in [0.2, 0.25) is 0 Å². The number of carbonyl (C=O) groups excluding carboxylic acids is 1. The van der Waals surface area contributed by atoms with E-state index in [1.807, 2.05) is 45.0 Å². The highest BCUT2D eigenvalue weighted by Gasteiger charge is 2.19. The molecule has 0 saturated heterocycles. The molecule has 1 aromatic carbocycles. The molecule has 29 heavy (non-hydrogen) atoms. The van der Waals surface area contributed by atoms with Crippen LogP contribution in [0.1, 0.15) is 44.8 Å². The minimum atomic E-state index is -0.311. The molecule has 0 fully saturated rings. The fourth-order valence-electron chi connectivity index (χ4n) is 3.14. The number of carbonyl (C=O) groups is 1. The molecule has 1 amide bonds. The van der Waals surface area contributed by atoms with E-state index < -0.39 is 0 Å². The van der Waals surface area contributed by atoms with Crippen molar-refractivity contribution >= 4 is 28.0 Å². The van der Waals surface area contributed by atoms with Crippen LogP contribution in [0.4, 0.5) is 0 Å². The van der Waals surface area contributed by atoms with Crippen molar-refractivity contribution in [2.24, 2.45) is 0 Å². The van der Waals surface area contributed by atoms with E-state index in [1.165, 1.54) is 0 Å². The van der Waals surface area contributed by atoms with Gasteiger partial charge in [-0.1, -0.05) is 17.3 Å². The Hall–Kier alpha value is -3.26. The molecule has 0 aliphatic carbocycles. The summed E-state index contributed by atoms with van der Waals surface area (Å²) >= 11 is 1.61. The molecule has 4 aromatic rings. The number of nitrogens with one attached hydrogen (secondary N) is 1. The van der Waals surface area contributed by atoms with Gasteiger partial charge in [0.25, 0.3) is 5.91 Å². The molecule has 0 spiro atoms. The van der Waals surface area contributed by atoms with E-state index in [-0.39, 0.29) is 24.2 Å². The number of thiazole rings is 1. The molecule has 1 N–H and O–H groups in total. The highest BCUT2D eigenvalue weighted by atomic mass is 32.1. The van der Waals surface area contributed by atoms with Crippen molar-refractivity contribution in [2.45, 2.75) is 33.4 Å². The summed E-state index contributed by atoms with van der Waals surface area (Å²) in [4.78, 5) is 22.2. The van der Waals surface area contributed by atoms with Crippen molar-refractivity contribution in [2.75, 3.05) is 0 Å². The number of hydrogen-bond donors (Lipinski definition) is 1. The van der Waals surface area contributed by atoms with Gasteiger partial charge in [0.15, 0.2) is 11.5 Å². The van der Waals surface area contributed by atoms with Gasteiger partial charge >= 0.3 is 0 Å². The summed E-state index contributed by atoms with van der Waals surface area (Å²) in [6.45, 7) is 6.02. The molecule has 0 bridgehead atoms. The molecule has 3 aromatic heterocycles.